The lowest BCUT2D eigenvalue weighted by atomic mass is 10.3. The van der Waals surface area contributed by atoms with Crippen LogP contribution < -0.4 is 5.14 Å². The van der Waals surface area contributed by atoms with Crippen molar-refractivity contribution >= 4 is 27.5 Å². The summed E-state index contributed by atoms with van der Waals surface area (Å²) >= 11 is 0. The van der Waals surface area contributed by atoms with E-state index >= 15 is 0 Å². The molecule has 0 amide bonds. The fourth-order valence-electron chi connectivity index (χ4n) is 1.54. The molecule has 0 aliphatic rings. The van der Waals surface area contributed by atoms with Crippen LogP contribution in [0.3, 0.4) is 0 Å². The molecule has 20 heavy (non-hydrogen) atoms. The molecule has 1 heterocycles. The lowest BCUT2D eigenvalue weighted by Crippen LogP contribution is -2.11. The molecule has 5 nitrogen and oxygen atoms in total. The highest BCUT2D eigenvalue weighted by atomic mass is 32.2. The molecule has 0 unspecified atom stereocenters. The first-order valence-corrected chi connectivity index (χ1v) is 7.39. The number of benzene rings is 1. The number of nitrogens with zero attached hydrogens (tertiary/aromatic N) is 1. The third kappa shape index (κ3) is 3.91. The number of primary sulfonamides is 1. The van der Waals surface area contributed by atoms with Gasteiger partial charge in [0.15, 0.2) is 0 Å². The van der Waals surface area contributed by atoms with Crippen LogP contribution in [0.25, 0.3) is 6.08 Å². The van der Waals surface area contributed by atoms with E-state index in [2.05, 4.69) is 4.99 Å². The summed E-state index contributed by atoms with van der Waals surface area (Å²) in [6.45, 7) is 1.84. The second kappa shape index (κ2) is 5.85. The van der Waals surface area contributed by atoms with Crippen molar-refractivity contribution in [2.24, 2.45) is 10.1 Å². The second-order valence-electron chi connectivity index (χ2n) is 4.14. The Morgan fingerprint density at radius 3 is 2.50 bits per heavy atom. The van der Waals surface area contributed by atoms with Gasteiger partial charge < -0.3 is 4.42 Å². The largest absolute Gasteiger partial charge is 0.465 e. The molecule has 104 valence electrons. The molecule has 0 aliphatic carbocycles. The van der Waals surface area contributed by atoms with Gasteiger partial charge in [0.1, 0.15) is 5.76 Å². The Labute approximate surface area is 117 Å². The van der Waals surface area contributed by atoms with Crippen LogP contribution in [0.1, 0.15) is 12.7 Å². The minimum atomic E-state index is -3.66. The summed E-state index contributed by atoms with van der Waals surface area (Å²) in [5.41, 5.74) is 1.42. The standard InChI is InChI=1S/C14H14N2O3S/c1-11(4-7-13-3-2-10-19-13)16-12-5-8-14(9-6-12)20(15,17)18/h2-10H,1H3,(H2,15,17,18). The van der Waals surface area contributed by atoms with Crippen molar-refractivity contribution in [3.63, 3.8) is 0 Å². The Kier molecular flexibility index (Phi) is 4.16. The van der Waals surface area contributed by atoms with Crippen molar-refractivity contribution in [2.75, 3.05) is 0 Å². The molecule has 6 heteroatoms. The number of hydrogen-bond acceptors (Lipinski definition) is 4. The lowest BCUT2D eigenvalue weighted by molar-refractivity contribution is 0.557. The molecule has 0 fully saturated rings. The maximum absolute atomic E-state index is 11.1. The van der Waals surface area contributed by atoms with Gasteiger partial charge in [-0.25, -0.2) is 13.6 Å². The molecule has 0 bridgehead atoms. The highest BCUT2D eigenvalue weighted by Gasteiger charge is 2.06. The maximum atomic E-state index is 11.1. The summed E-state index contributed by atoms with van der Waals surface area (Å²) in [6.07, 6.45) is 5.21. The molecule has 2 N–H and O–H groups in total. The molecule has 0 saturated heterocycles. The van der Waals surface area contributed by atoms with Gasteiger partial charge in [0.05, 0.1) is 16.8 Å². The molecule has 0 spiro atoms. The number of nitrogens with two attached hydrogens (primary N) is 1. The van der Waals surface area contributed by atoms with Crippen molar-refractivity contribution in [2.45, 2.75) is 11.8 Å². The normalized spacial score (nSPS) is 13.0. The van der Waals surface area contributed by atoms with Crippen LogP contribution in [0.4, 0.5) is 5.69 Å². The number of sulfonamides is 1. The predicted molar refractivity (Wildman–Crippen MR) is 78.3 cm³/mol. The third-order valence-corrected chi connectivity index (χ3v) is 3.43. The summed E-state index contributed by atoms with van der Waals surface area (Å²) < 4.78 is 27.4. The van der Waals surface area contributed by atoms with Crippen LogP contribution in [-0.2, 0) is 10.0 Å². The third-order valence-electron chi connectivity index (χ3n) is 2.50. The van der Waals surface area contributed by atoms with E-state index in [9.17, 15) is 8.42 Å². The zero-order chi connectivity index (χ0) is 14.6. The zero-order valence-electron chi connectivity index (χ0n) is 10.9. The molecular weight excluding hydrogens is 276 g/mol. The van der Waals surface area contributed by atoms with Gasteiger partial charge in [-0.15, -0.1) is 0 Å². The predicted octanol–water partition coefficient (Wildman–Crippen LogP) is 2.73. The summed E-state index contributed by atoms with van der Waals surface area (Å²) in [5, 5.41) is 5.02. The average Bonchev–Trinajstić information content (AvgIpc) is 2.89. The summed E-state index contributed by atoms with van der Waals surface area (Å²) in [5.74, 6) is 0.740. The van der Waals surface area contributed by atoms with E-state index in [0.717, 1.165) is 11.5 Å². The molecule has 0 aliphatic heterocycles. The molecule has 0 atom stereocenters. The Morgan fingerprint density at radius 1 is 1.25 bits per heavy atom. The van der Waals surface area contributed by atoms with E-state index in [1.807, 2.05) is 19.1 Å². The van der Waals surface area contributed by atoms with Gasteiger partial charge in [-0.3, -0.25) is 4.99 Å². The van der Waals surface area contributed by atoms with Gasteiger partial charge in [-0.2, -0.15) is 0 Å². The summed E-state index contributed by atoms with van der Waals surface area (Å²) in [4.78, 5) is 4.40. The van der Waals surface area contributed by atoms with E-state index < -0.39 is 10.0 Å². The molecule has 0 saturated carbocycles. The summed E-state index contributed by atoms with van der Waals surface area (Å²) in [6, 6.07) is 9.70. The highest BCUT2D eigenvalue weighted by molar-refractivity contribution is 7.89. The molecule has 2 rings (SSSR count). The first kappa shape index (κ1) is 14.2. The van der Waals surface area contributed by atoms with E-state index in [4.69, 9.17) is 9.56 Å². The first-order chi connectivity index (χ1) is 9.45. The van der Waals surface area contributed by atoms with Crippen LogP contribution in [0.5, 0.6) is 0 Å². The summed E-state index contributed by atoms with van der Waals surface area (Å²) in [7, 11) is -3.66. The van der Waals surface area contributed by atoms with Crippen LogP contribution in [0, 0.1) is 0 Å². The quantitative estimate of drug-likeness (QED) is 0.878. The maximum Gasteiger partial charge on any atom is 0.238 e. The topological polar surface area (TPSA) is 85.7 Å². The van der Waals surface area contributed by atoms with E-state index in [0.29, 0.717) is 5.69 Å². The van der Waals surface area contributed by atoms with E-state index in [1.165, 1.54) is 12.1 Å². The van der Waals surface area contributed by atoms with Gasteiger partial charge in [0.25, 0.3) is 0 Å². The van der Waals surface area contributed by atoms with Crippen molar-refractivity contribution in [3.8, 4) is 0 Å². The highest BCUT2D eigenvalue weighted by Crippen LogP contribution is 2.16. The SMILES string of the molecule is CC(C=Cc1ccco1)=Nc1ccc(S(N)(=O)=O)cc1. The molecule has 0 radical (unpaired) electrons. The second-order valence-corrected chi connectivity index (χ2v) is 5.70. The van der Waals surface area contributed by atoms with Crippen LogP contribution >= 0.6 is 0 Å². The van der Waals surface area contributed by atoms with Crippen LogP contribution in [0.15, 0.2) is 63.0 Å². The number of allylic oxidation sites excluding steroid dienone is 1. The molecular formula is C14H14N2O3S. The first-order valence-electron chi connectivity index (χ1n) is 5.85. The zero-order valence-corrected chi connectivity index (χ0v) is 11.7. The van der Waals surface area contributed by atoms with Crippen molar-refractivity contribution in [1.29, 1.82) is 0 Å². The van der Waals surface area contributed by atoms with E-state index in [-0.39, 0.29) is 4.90 Å². The number of furan rings is 1. The Morgan fingerprint density at radius 2 is 1.95 bits per heavy atom. The van der Waals surface area contributed by atoms with E-state index in [1.54, 1.807) is 30.5 Å². The Bertz CT molecular complexity index is 727. The molecule has 2 aromatic rings. The van der Waals surface area contributed by atoms with Gasteiger partial charge in [0, 0.05) is 5.71 Å². The van der Waals surface area contributed by atoms with Crippen LogP contribution in [-0.4, -0.2) is 14.1 Å². The fourth-order valence-corrected chi connectivity index (χ4v) is 2.06. The minimum absolute atomic E-state index is 0.0697. The molecule has 1 aromatic carbocycles. The lowest BCUT2D eigenvalue weighted by Gasteiger charge is -1.99. The van der Waals surface area contributed by atoms with Crippen molar-refractivity contribution in [3.05, 3.63) is 54.5 Å². The fraction of sp³-hybridized carbons (Fsp3) is 0.0714. The van der Waals surface area contributed by atoms with Gasteiger partial charge in [-0.1, -0.05) is 0 Å². The Balaban J connectivity index is 2.14. The number of hydrogen-bond donors (Lipinski definition) is 1. The average molecular weight is 290 g/mol. The monoisotopic (exact) mass is 290 g/mol. The molecule has 1 aromatic heterocycles. The van der Waals surface area contributed by atoms with Crippen molar-refractivity contribution in [1.82, 2.24) is 0 Å². The smallest absolute Gasteiger partial charge is 0.238 e. The van der Waals surface area contributed by atoms with Gasteiger partial charge >= 0.3 is 0 Å². The van der Waals surface area contributed by atoms with Crippen molar-refractivity contribution < 1.29 is 12.8 Å². The number of aliphatic imine (C=N–C) groups is 1. The minimum Gasteiger partial charge on any atom is -0.465 e. The van der Waals surface area contributed by atoms with Gasteiger partial charge in [0.2, 0.25) is 10.0 Å². The Hall–Kier alpha value is -2.18. The number of rotatable bonds is 4. The van der Waals surface area contributed by atoms with Gasteiger partial charge in [-0.05, 0) is 55.5 Å². The van der Waals surface area contributed by atoms with Crippen LogP contribution in [0.2, 0.25) is 0 Å².